The molecule has 0 saturated carbocycles. The number of rotatable bonds is 5. The smallest absolute Gasteiger partial charge is 0.422 e. The summed E-state index contributed by atoms with van der Waals surface area (Å²) in [6, 6.07) is 7.01. The van der Waals surface area contributed by atoms with Gasteiger partial charge in [-0.15, -0.1) is 0 Å². The van der Waals surface area contributed by atoms with Gasteiger partial charge in [-0.3, -0.25) is 4.90 Å². The van der Waals surface area contributed by atoms with E-state index in [2.05, 4.69) is 19.9 Å². The first-order valence-electron chi connectivity index (χ1n) is 8.72. The summed E-state index contributed by atoms with van der Waals surface area (Å²) in [4.78, 5) is 15.0. The summed E-state index contributed by atoms with van der Waals surface area (Å²) in [6.45, 7) is 0.389. The fourth-order valence-electron chi connectivity index (χ4n) is 3.10. The number of alkyl halides is 3. The molecule has 0 amide bonds. The van der Waals surface area contributed by atoms with Gasteiger partial charge in [0.2, 0.25) is 5.88 Å². The van der Waals surface area contributed by atoms with Crippen LogP contribution in [0.5, 0.6) is 5.88 Å². The Morgan fingerprint density at radius 3 is 2.86 bits per heavy atom. The molecule has 0 aliphatic carbocycles. The summed E-state index contributed by atoms with van der Waals surface area (Å²) in [5.74, 6) is 1.18. The number of aromatic nitrogens is 3. The first-order chi connectivity index (χ1) is 13.5. The van der Waals surface area contributed by atoms with Gasteiger partial charge in [0.05, 0.1) is 12.0 Å². The Bertz CT molecular complexity index is 945. The van der Waals surface area contributed by atoms with E-state index in [1.54, 1.807) is 30.7 Å². The van der Waals surface area contributed by atoms with Crippen molar-refractivity contribution >= 4 is 0 Å². The summed E-state index contributed by atoms with van der Waals surface area (Å²) in [5.41, 5.74) is 2.56. The molecule has 4 heterocycles. The van der Waals surface area contributed by atoms with Gasteiger partial charge in [-0.1, -0.05) is 6.07 Å². The summed E-state index contributed by atoms with van der Waals surface area (Å²) in [6.07, 6.45) is 1.08. The number of fused-ring (bicyclic) bond motifs is 1. The maximum Gasteiger partial charge on any atom is 0.422 e. The molecular formula is C19H17F3N4O2. The third-order valence-corrected chi connectivity index (χ3v) is 4.37. The van der Waals surface area contributed by atoms with Crippen LogP contribution < -0.4 is 4.74 Å². The Morgan fingerprint density at radius 2 is 2.07 bits per heavy atom. The topological polar surface area (TPSA) is 64.3 Å². The highest BCUT2D eigenvalue weighted by Crippen LogP contribution is 2.25. The summed E-state index contributed by atoms with van der Waals surface area (Å²) >= 11 is 0. The molecule has 0 radical (unpaired) electrons. The third kappa shape index (κ3) is 4.30. The van der Waals surface area contributed by atoms with E-state index in [0.717, 1.165) is 17.8 Å². The zero-order valence-electron chi connectivity index (χ0n) is 14.8. The Morgan fingerprint density at radius 1 is 1.18 bits per heavy atom. The van der Waals surface area contributed by atoms with Crippen molar-refractivity contribution in [2.24, 2.45) is 0 Å². The largest absolute Gasteiger partial charge is 0.468 e. The lowest BCUT2D eigenvalue weighted by molar-refractivity contribution is -0.154. The summed E-state index contributed by atoms with van der Waals surface area (Å²) in [5, 5.41) is 0. The highest BCUT2D eigenvalue weighted by atomic mass is 19.4. The second kappa shape index (κ2) is 7.59. The van der Waals surface area contributed by atoms with E-state index in [1.807, 2.05) is 6.07 Å². The molecule has 1 aliphatic rings. The van der Waals surface area contributed by atoms with Gasteiger partial charge in [0.25, 0.3) is 0 Å². The number of ether oxygens (including phenoxy) is 1. The first kappa shape index (κ1) is 18.4. The van der Waals surface area contributed by atoms with E-state index in [9.17, 15) is 13.2 Å². The molecule has 0 N–H and O–H groups in total. The molecule has 28 heavy (non-hydrogen) atoms. The van der Waals surface area contributed by atoms with Crippen LogP contribution in [0.1, 0.15) is 16.8 Å². The molecule has 9 heteroatoms. The Labute approximate surface area is 159 Å². The number of pyridine rings is 1. The van der Waals surface area contributed by atoms with Crippen molar-refractivity contribution in [3.8, 4) is 17.5 Å². The zero-order chi connectivity index (χ0) is 19.6. The molecule has 0 spiro atoms. The van der Waals surface area contributed by atoms with Crippen molar-refractivity contribution in [3.63, 3.8) is 0 Å². The van der Waals surface area contributed by atoms with Crippen molar-refractivity contribution in [1.29, 1.82) is 0 Å². The molecule has 0 unspecified atom stereocenters. The molecule has 0 bridgehead atoms. The number of hydrogen-bond donors (Lipinski definition) is 0. The molecule has 6 nitrogen and oxygen atoms in total. The fourth-order valence-corrected chi connectivity index (χ4v) is 3.10. The molecule has 0 atom stereocenters. The van der Waals surface area contributed by atoms with Gasteiger partial charge in [0, 0.05) is 49.6 Å². The van der Waals surface area contributed by atoms with Gasteiger partial charge < -0.3 is 9.15 Å². The molecule has 3 aromatic rings. The predicted molar refractivity (Wildman–Crippen MR) is 93.3 cm³/mol. The average molecular weight is 390 g/mol. The maximum absolute atomic E-state index is 12.4. The first-order valence-corrected chi connectivity index (χ1v) is 8.72. The van der Waals surface area contributed by atoms with Crippen LogP contribution in [0.4, 0.5) is 13.2 Å². The van der Waals surface area contributed by atoms with Crippen molar-refractivity contribution in [2.45, 2.75) is 25.7 Å². The number of nitrogens with zero attached hydrogens (tertiary/aromatic N) is 4. The maximum atomic E-state index is 12.4. The minimum absolute atomic E-state index is 0.00930. The van der Waals surface area contributed by atoms with Crippen LogP contribution in [-0.2, 0) is 19.5 Å². The van der Waals surface area contributed by atoms with Gasteiger partial charge >= 0.3 is 6.18 Å². The van der Waals surface area contributed by atoms with Crippen molar-refractivity contribution in [3.05, 3.63) is 59.7 Å². The molecule has 0 aromatic carbocycles. The molecular weight excluding hydrogens is 373 g/mol. The Hall–Kier alpha value is -2.94. The van der Waals surface area contributed by atoms with Crippen molar-refractivity contribution in [2.75, 3.05) is 13.2 Å². The zero-order valence-corrected chi connectivity index (χ0v) is 14.8. The highest BCUT2D eigenvalue weighted by Gasteiger charge is 2.29. The molecule has 3 aromatic heterocycles. The van der Waals surface area contributed by atoms with Crippen LogP contribution in [0.25, 0.3) is 11.6 Å². The lowest BCUT2D eigenvalue weighted by atomic mass is 10.1. The SMILES string of the molecule is FC(F)(F)COc1ncccc1CN1CCc2nc(-c3ccco3)ncc2C1. The van der Waals surface area contributed by atoms with E-state index >= 15 is 0 Å². The van der Waals surface area contributed by atoms with Gasteiger partial charge in [-0.2, -0.15) is 13.2 Å². The van der Waals surface area contributed by atoms with Gasteiger partial charge in [-0.05, 0) is 18.2 Å². The van der Waals surface area contributed by atoms with E-state index in [-0.39, 0.29) is 5.88 Å². The average Bonchev–Trinajstić information content (AvgIpc) is 3.21. The Balaban J connectivity index is 1.46. The van der Waals surface area contributed by atoms with Crippen LogP contribution in [-0.4, -0.2) is 39.2 Å². The minimum atomic E-state index is -4.40. The standard InChI is InChI=1S/C19H17F3N4O2/c20-19(21,22)12-28-18-13(3-1-6-23-18)10-26-7-5-15-14(11-26)9-24-17(25-15)16-4-2-8-27-16/h1-4,6,8-9H,5,7,10-12H2. The quantitative estimate of drug-likeness (QED) is 0.663. The van der Waals surface area contributed by atoms with E-state index in [4.69, 9.17) is 9.15 Å². The second-order valence-electron chi connectivity index (χ2n) is 6.48. The monoisotopic (exact) mass is 390 g/mol. The lowest BCUT2D eigenvalue weighted by Crippen LogP contribution is -2.31. The van der Waals surface area contributed by atoms with Crippen LogP contribution in [0, 0.1) is 0 Å². The molecule has 0 saturated heterocycles. The van der Waals surface area contributed by atoms with Gasteiger partial charge in [0.1, 0.15) is 0 Å². The highest BCUT2D eigenvalue weighted by molar-refractivity contribution is 5.47. The van der Waals surface area contributed by atoms with Gasteiger partial charge in [0.15, 0.2) is 18.2 Å². The van der Waals surface area contributed by atoms with E-state index < -0.39 is 12.8 Å². The third-order valence-electron chi connectivity index (χ3n) is 4.37. The molecule has 146 valence electrons. The number of halogens is 3. The summed E-state index contributed by atoms with van der Waals surface area (Å²) in [7, 11) is 0. The normalized spacial score (nSPS) is 14.7. The predicted octanol–water partition coefficient (Wildman–Crippen LogP) is 3.63. The lowest BCUT2D eigenvalue weighted by Gasteiger charge is -2.28. The number of furan rings is 1. The van der Waals surface area contributed by atoms with E-state index in [1.165, 1.54) is 6.20 Å². The fraction of sp³-hybridized carbons (Fsp3) is 0.316. The van der Waals surface area contributed by atoms with Crippen LogP contribution in [0.3, 0.4) is 0 Å². The minimum Gasteiger partial charge on any atom is -0.468 e. The molecule has 0 fully saturated rings. The number of hydrogen-bond acceptors (Lipinski definition) is 6. The van der Waals surface area contributed by atoms with Gasteiger partial charge in [-0.25, -0.2) is 15.0 Å². The Kier molecular flexibility index (Phi) is 4.99. The van der Waals surface area contributed by atoms with Crippen molar-refractivity contribution in [1.82, 2.24) is 19.9 Å². The van der Waals surface area contributed by atoms with E-state index in [0.29, 0.717) is 36.7 Å². The molecule has 4 rings (SSSR count). The van der Waals surface area contributed by atoms with Crippen LogP contribution in [0.15, 0.2) is 47.3 Å². The van der Waals surface area contributed by atoms with Crippen molar-refractivity contribution < 1.29 is 22.3 Å². The summed E-state index contributed by atoms with van der Waals surface area (Å²) < 4.78 is 47.5. The van der Waals surface area contributed by atoms with Crippen LogP contribution >= 0.6 is 0 Å². The van der Waals surface area contributed by atoms with Crippen LogP contribution in [0.2, 0.25) is 0 Å². The molecule has 1 aliphatic heterocycles. The second-order valence-corrected chi connectivity index (χ2v) is 6.48.